The number of benzene rings is 2. The van der Waals surface area contributed by atoms with Gasteiger partial charge in [0.05, 0.1) is 20.7 Å². The molecule has 34 heavy (non-hydrogen) atoms. The third kappa shape index (κ3) is 6.46. The van der Waals surface area contributed by atoms with Crippen molar-refractivity contribution in [1.29, 1.82) is 0 Å². The van der Waals surface area contributed by atoms with E-state index in [0.717, 1.165) is 0 Å². The van der Waals surface area contributed by atoms with E-state index in [0.29, 0.717) is 50.8 Å². The average Bonchev–Trinajstić information content (AvgIpc) is 3.14. The van der Waals surface area contributed by atoms with Gasteiger partial charge in [0.15, 0.2) is 5.16 Å². The molecule has 0 aliphatic carbocycles. The molecule has 1 aromatic heterocycles. The molecule has 2 aromatic carbocycles. The minimum atomic E-state index is -0.492. The SMILES string of the molecule is Cc1ccc(NC(=O)CSc2nnc(CCNC(=O)c3ccc(Cl)c(Cl)c3)n2C)cc1[N+](=O)[O-]. The van der Waals surface area contributed by atoms with Gasteiger partial charge in [0.1, 0.15) is 5.82 Å². The van der Waals surface area contributed by atoms with Crippen LogP contribution in [0.5, 0.6) is 0 Å². The fourth-order valence-electron chi connectivity index (χ4n) is 2.93. The molecule has 0 saturated heterocycles. The van der Waals surface area contributed by atoms with Crippen LogP contribution in [-0.4, -0.2) is 43.8 Å². The van der Waals surface area contributed by atoms with E-state index in [1.54, 1.807) is 42.8 Å². The maximum Gasteiger partial charge on any atom is 0.274 e. The highest BCUT2D eigenvalue weighted by Crippen LogP contribution is 2.24. The van der Waals surface area contributed by atoms with Crippen molar-refractivity contribution >= 4 is 58.2 Å². The quantitative estimate of drug-likeness (QED) is 0.246. The summed E-state index contributed by atoms with van der Waals surface area (Å²) in [4.78, 5) is 35.1. The highest BCUT2D eigenvalue weighted by atomic mass is 35.5. The van der Waals surface area contributed by atoms with Crippen LogP contribution < -0.4 is 10.6 Å². The Labute approximate surface area is 209 Å². The van der Waals surface area contributed by atoms with E-state index in [2.05, 4.69) is 20.8 Å². The Morgan fingerprint density at radius 3 is 2.62 bits per heavy atom. The van der Waals surface area contributed by atoms with E-state index >= 15 is 0 Å². The predicted octanol–water partition coefficient (Wildman–Crippen LogP) is 4.04. The minimum Gasteiger partial charge on any atom is -0.352 e. The number of nitrogens with zero attached hydrogens (tertiary/aromatic N) is 4. The second-order valence-electron chi connectivity index (χ2n) is 7.19. The standard InChI is InChI=1S/C21H20Cl2N6O4S/c1-12-3-5-14(10-17(12)29(32)33)25-19(30)11-34-21-27-26-18(28(21)2)7-8-24-20(31)13-4-6-15(22)16(23)9-13/h3-6,9-10H,7-8,11H2,1-2H3,(H,24,31)(H,25,30). The molecule has 0 atom stereocenters. The summed E-state index contributed by atoms with van der Waals surface area (Å²) in [5, 5.41) is 25.9. The zero-order chi connectivity index (χ0) is 24.8. The second kappa shape index (κ2) is 11.3. The van der Waals surface area contributed by atoms with E-state index in [1.165, 1.54) is 23.9 Å². The number of thioether (sulfide) groups is 1. The van der Waals surface area contributed by atoms with Gasteiger partial charge in [-0.25, -0.2) is 0 Å². The van der Waals surface area contributed by atoms with Crippen LogP contribution in [0.2, 0.25) is 10.0 Å². The first-order valence-electron chi connectivity index (χ1n) is 9.95. The van der Waals surface area contributed by atoms with Crippen molar-refractivity contribution in [3.63, 3.8) is 0 Å². The van der Waals surface area contributed by atoms with E-state index < -0.39 is 4.92 Å². The summed E-state index contributed by atoms with van der Waals surface area (Å²) in [6.45, 7) is 1.95. The molecule has 0 bridgehead atoms. The van der Waals surface area contributed by atoms with E-state index in [1.807, 2.05) is 0 Å². The highest BCUT2D eigenvalue weighted by Gasteiger charge is 2.15. The average molecular weight is 523 g/mol. The van der Waals surface area contributed by atoms with Crippen molar-refractivity contribution in [3.8, 4) is 0 Å². The van der Waals surface area contributed by atoms with Crippen LogP contribution in [0.15, 0.2) is 41.6 Å². The third-order valence-electron chi connectivity index (χ3n) is 4.76. The van der Waals surface area contributed by atoms with Crippen LogP contribution in [-0.2, 0) is 18.3 Å². The molecule has 3 rings (SSSR count). The molecule has 0 radical (unpaired) electrons. The highest BCUT2D eigenvalue weighted by molar-refractivity contribution is 7.99. The van der Waals surface area contributed by atoms with Crippen molar-refractivity contribution < 1.29 is 14.5 Å². The molecule has 0 fully saturated rings. The van der Waals surface area contributed by atoms with Crippen molar-refractivity contribution in [3.05, 3.63) is 73.5 Å². The smallest absolute Gasteiger partial charge is 0.274 e. The molecule has 3 aromatic rings. The molecular weight excluding hydrogens is 503 g/mol. The van der Waals surface area contributed by atoms with E-state index in [-0.39, 0.29) is 23.3 Å². The molecule has 1 heterocycles. The number of aromatic nitrogens is 3. The number of carbonyl (C=O) groups is 2. The summed E-state index contributed by atoms with van der Waals surface area (Å²) in [5.41, 5.74) is 1.19. The lowest BCUT2D eigenvalue weighted by Gasteiger charge is -2.07. The lowest BCUT2D eigenvalue weighted by Crippen LogP contribution is -2.26. The van der Waals surface area contributed by atoms with E-state index in [9.17, 15) is 19.7 Å². The lowest BCUT2D eigenvalue weighted by atomic mass is 10.2. The fraction of sp³-hybridized carbons (Fsp3) is 0.238. The fourth-order valence-corrected chi connectivity index (χ4v) is 3.95. The maximum absolute atomic E-state index is 12.3. The van der Waals surface area contributed by atoms with Gasteiger partial charge in [-0.2, -0.15) is 0 Å². The van der Waals surface area contributed by atoms with Gasteiger partial charge in [0, 0.05) is 42.9 Å². The Morgan fingerprint density at radius 2 is 1.91 bits per heavy atom. The van der Waals surface area contributed by atoms with Gasteiger partial charge < -0.3 is 15.2 Å². The number of anilines is 1. The summed E-state index contributed by atoms with van der Waals surface area (Å²) < 4.78 is 1.74. The van der Waals surface area contributed by atoms with E-state index in [4.69, 9.17) is 23.2 Å². The largest absolute Gasteiger partial charge is 0.352 e. The molecule has 2 amide bonds. The maximum atomic E-state index is 12.3. The number of hydrogen-bond donors (Lipinski definition) is 2. The summed E-state index contributed by atoms with van der Waals surface area (Å²) >= 11 is 13.0. The molecule has 13 heteroatoms. The van der Waals surface area contributed by atoms with Crippen LogP contribution in [0.25, 0.3) is 0 Å². The second-order valence-corrected chi connectivity index (χ2v) is 8.94. The molecule has 10 nitrogen and oxygen atoms in total. The number of carbonyl (C=O) groups excluding carboxylic acids is 2. The number of amides is 2. The Bertz CT molecular complexity index is 1250. The number of aryl methyl sites for hydroxylation is 1. The molecular formula is C21H20Cl2N6O4S. The van der Waals surface area contributed by atoms with Gasteiger partial charge in [-0.1, -0.05) is 41.0 Å². The van der Waals surface area contributed by atoms with Crippen molar-refractivity contribution in [2.45, 2.75) is 18.5 Å². The Morgan fingerprint density at radius 1 is 1.15 bits per heavy atom. The van der Waals surface area contributed by atoms with Gasteiger partial charge in [0.2, 0.25) is 5.91 Å². The molecule has 0 aliphatic rings. The molecule has 0 aliphatic heterocycles. The molecule has 0 saturated carbocycles. The monoisotopic (exact) mass is 522 g/mol. The number of rotatable bonds is 9. The summed E-state index contributed by atoms with van der Waals surface area (Å²) in [5.74, 6) is 0.0540. The molecule has 0 unspecified atom stereocenters. The summed E-state index contributed by atoms with van der Waals surface area (Å²) in [7, 11) is 1.76. The summed E-state index contributed by atoms with van der Waals surface area (Å²) in [6.07, 6.45) is 0.427. The lowest BCUT2D eigenvalue weighted by molar-refractivity contribution is -0.385. The van der Waals surface area contributed by atoms with Crippen LogP contribution in [0, 0.1) is 17.0 Å². The van der Waals surface area contributed by atoms with Gasteiger partial charge in [0.25, 0.3) is 11.6 Å². The zero-order valence-corrected chi connectivity index (χ0v) is 20.5. The van der Waals surface area contributed by atoms with Gasteiger partial charge in [-0.15, -0.1) is 10.2 Å². The first-order chi connectivity index (χ1) is 16.2. The topological polar surface area (TPSA) is 132 Å². The van der Waals surface area contributed by atoms with Crippen LogP contribution in [0.3, 0.4) is 0 Å². The first-order valence-corrected chi connectivity index (χ1v) is 11.7. The van der Waals surface area contributed by atoms with Crippen LogP contribution in [0.4, 0.5) is 11.4 Å². The molecule has 178 valence electrons. The zero-order valence-electron chi connectivity index (χ0n) is 18.2. The van der Waals surface area contributed by atoms with Gasteiger partial charge in [-0.05, 0) is 31.2 Å². The Balaban J connectivity index is 1.50. The number of halogens is 2. The Kier molecular flexibility index (Phi) is 8.48. The van der Waals surface area contributed by atoms with Crippen LogP contribution in [0.1, 0.15) is 21.7 Å². The van der Waals surface area contributed by atoms with Crippen LogP contribution >= 0.6 is 35.0 Å². The number of nitro groups is 1. The van der Waals surface area contributed by atoms with Crippen molar-refractivity contribution in [1.82, 2.24) is 20.1 Å². The third-order valence-corrected chi connectivity index (χ3v) is 6.52. The predicted molar refractivity (Wildman–Crippen MR) is 131 cm³/mol. The molecule has 2 N–H and O–H groups in total. The normalized spacial score (nSPS) is 10.7. The van der Waals surface area contributed by atoms with Crippen molar-refractivity contribution in [2.24, 2.45) is 7.05 Å². The number of hydrogen-bond acceptors (Lipinski definition) is 7. The van der Waals surface area contributed by atoms with Gasteiger partial charge in [-0.3, -0.25) is 19.7 Å². The minimum absolute atomic E-state index is 0.0434. The number of nitrogens with one attached hydrogen (secondary N) is 2. The Hall–Kier alpha value is -3.15. The van der Waals surface area contributed by atoms with Gasteiger partial charge >= 0.3 is 0 Å². The molecule has 0 spiro atoms. The van der Waals surface area contributed by atoms with Crippen molar-refractivity contribution in [2.75, 3.05) is 17.6 Å². The summed E-state index contributed by atoms with van der Waals surface area (Å²) in [6, 6.07) is 9.15. The first kappa shape index (κ1) is 25.5. The number of nitro benzene ring substituents is 1.